The predicted molar refractivity (Wildman–Crippen MR) is 178 cm³/mol. The summed E-state index contributed by atoms with van der Waals surface area (Å²) < 4.78 is 34.1. The molecule has 4 N–H and O–H groups in total. The molecule has 0 aromatic heterocycles. The Hall–Kier alpha value is -3.91. The van der Waals surface area contributed by atoms with Gasteiger partial charge in [0.1, 0.15) is 6.10 Å². The Labute approximate surface area is 282 Å². The van der Waals surface area contributed by atoms with Crippen LogP contribution in [0.3, 0.4) is 0 Å². The predicted octanol–water partition coefficient (Wildman–Crippen LogP) is 3.97. The van der Waals surface area contributed by atoms with Crippen molar-refractivity contribution >= 4 is 23.5 Å². The number of allylic oxidation sites excluding steroid dienone is 2. The highest BCUT2D eigenvalue weighted by atomic mass is 16.7. The summed E-state index contributed by atoms with van der Waals surface area (Å²) >= 11 is 0. The molecule has 0 fully saturated rings. The number of aliphatic hydroxyl groups excluding tert-OH is 1. The molecule has 2 amide bonds. The molecule has 2 aliphatic rings. The molecule has 13 nitrogen and oxygen atoms in total. The zero-order chi connectivity index (χ0) is 35.9. The van der Waals surface area contributed by atoms with Gasteiger partial charge in [0.05, 0.1) is 25.0 Å². The van der Waals surface area contributed by atoms with Crippen LogP contribution < -0.4 is 20.1 Å². The quantitative estimate of drug-likeness (QED) is 0.385. The Bertz CT molecular complexity index is 1420. The van der Waals surface area contributed by atoms with Crippen molar-refractivity contribution in [2.75, 3.05) is 33.3 Å². The number of carbonyl (C=O) groups is 3. The highest BCUT2D eigenvalue weighted by Crippen LogP contribution is 2.48. The first-order chi connectivity index (χ1) is 22.7. The number of benzene rings is 1. The molecule has 2 heterocycles. The van der Waals surface area contributed by atoms with Crippen LogP contribution in [0.5, 0.6) is 17.2 Å². The second-order valence-electron chi connectivity index (χ2n) is 12.5. The number of aromatic hydroxyl groups is 1. The number of ketones is 1. The minimum Gasteiger partial charge on any atom is -0.504 e. The largest absolute Gasteiger partial charge is 0.504 e. The number of nitrogens with zero attached hydrogens (tertiary/aromatic N) is 1. The number of Topliss-reactive ketones (excluding diaryl/α,β-unsaturated/α-hetero) is 1. The molecule has 0 saturated heterocycles. The van der Waals surface area contributed by atoms with E-state index in [9.17, 15) is 24.6 Å². The number of phenolic OH excluding ortho intramolecular Hbond substituents is 1. The summed E-state index contributed by atoms with van der Waals surface area (Å²) in [6, 6.07) is 0.724. The number of hydrogen-bond acceptors (Lipinski definition) is 11. The Balaban J connectivity index is 2.32. The van der Waals surface area contributed by atoms with Gasteiger partial charge in [-0.25, -0.2) is 4.79 Å². The lowest BCUT2D eigenvalue weighted by atomic mass is 9.87. The second-order valence-corrected chi connectivity index (χ2v) is 12.5. The number of carbonyl (C=O) groups excluding carboxylic acids is 3. The number of rotatable bonds is 5. The summed E-state index contributed by atoms with van der Waals surface area (Å²) in [7, 11) is 5.72. The molecular formula is C35H50N2O11. The zero-order valence-electron chi connectivity index (χ0n) is 29.2. The molecule has 3 rings (SSSR count). The molecule has 0 aliphatic carbocycles. The third-order valence-electron chi connectivity index (χ3n) is 8.79. The lowest BCUT2D eigenvalue weighted by molar-refractivity contribution is -0.146. The average Bonchev–Trinajstić information content (AvgIpc) is 3.02. The highest BCUT2D eigenvalue weighted by Gasteiger charge is 2.38. The van der Waals surface area contributed by atoms with E-state index in [1.54, 1.807) is 45.1 Å². The van der Waals surface area contributed by atoms with E-state index in [1.165, 1.54) is 39.4 Å². The fourth-order valence-electron chi connectivity index (χ4n) is 6.34. The van der Waals surface area contributed by atoms with Crippen molar-refractivity contribution < 1.29 is 53.0 Å². The van der Waals surface area contributed by atoms with Crippen LogP contribution >= 0.6 is 0 Å². The maximum absolute atomic E-state index is 14.2. The zero-order valence-corrected chi connectivity index (χ0v) is 29.2. The minimum atomic E-state index is -1.26. The first-order valence-corrected chi connectivity index (χ1v) is 15.9. The van der Waals surface area contributed by atoms with Gasteiger partial charge in [0.25, 0.3) is 12.2 Å². The molecular weight excluding hydrogens is 624 g/mol. The lowest BCUT2D eigenvalue weighted by Gasteiger charge is -2.36. The molecule has 4 bridgehead atoms. The monoisotopic (exact) mass is 674 g/mol. The van der Waals surface area contributed by atoms with Crippen LogP contribution in [0.15, 0.2) is 41.5 Å². The smallest absolute Gasteiger partial charge is 0.405 e. The van der Waals surface area contributed by atoms with Gasteiger partial charge in [-0.05, 0) is 45.1 Å². The molecule has 0 radical (unpaired) electrons. The summed E-state index contributed by atoms with van der Waals surface area (Å²) in [4.78, 5) is 40.8. The minimum absolute atomic E-state index is 0.0829. The Kier molecular flexibility index (Phi) is 13.6. The van der Waals surface area contributed by atoms with Gasteiger partial charge in [-0.1, -0.05) is 38.2 Å². The number of aliphatic hydroxyl groups is 1. The van der Waals surface area contributed by atoms with E-state index < -0.39 is 54.7 Å². The molecule has 1 aromatic carbocycles. The van der Waals surface area contributed by atoms with Crippen LogP contribution in [-0.2, 0) is 35.0 Å². The standard InChI is InChI=1S/C35H50N2O11/c1-18-13-23-31-24(17-25(38)32(23)45-8)37(22(5)16-26(39)34(46-9)47-31)33(41)19(2)11-10-12-27(43-6)30(48-35(36)42)21(4)15-20(3)29(40)28(14-18)44-7/h10-12,15,17-18,20,22,27-30,34,38,40H,13-14,16H2,1-9H3,(H2,36,42)/t18-,20+,22-,27+,28+,29-,30+,34-/m1/s1. The van der Waals surface area contributed by atoms with Crippen molar-refractivity contribution in [2.24, 2.45) is 17.6 Å². The number of methoxy groups -OCH3 is 4. The van der Waals surface area contributed by atoms with Crippen LogP contribution in [0, 0.1) is 11.8 Å². The highest BCUT2D eigenvalue weighted by molar-refractivity contribution is 6.07. The Morgan fingerprint density at radius 1 is 1.04 bits per heavy atom. The maximum Gasteiger partial charge on any atom is 0.405 e. The van der Waals surface area contributed by atoms with Crippen LogP contribution in [0.25, 0.3) is 0 Å². The molecule has 1 aromatic rings. The molecule has 8 atom stereocenters. The summed E-state index contributed by atoms with van der Waals surface area (Å²) in [6.45, 7) is 8.85. The maximum atomic E-state index is 14.2. The van der Waals surface area contributed by atoms with Gasteiger partial charge >= 0.3 is 6.09 Å². The lowest BCUT2D eigenvalue weighted by Crippen LogP contribution is -2.45. The summed E-state index contributed by atoms with van der Waals surface area (Å²) in [6.07, 6.45) is 1.46. The molecule has 266 valence electrons. The average molecular weight is 675 g/mol. The topological polar surface area (TPSA) is 176 Å². The first-order valence-electron chi connectivity index (χ1n) is 15.9. The van der Waals surface area contributed by atoms with Crippen molar-refractivity contribution in [3.05, 3.63) is 47.1 Å². The first kappa shape index (κ1) is 38.5. The van der Waals surface area contributed by atoms with Crippen molar-refractivity contribution in [1.82, 2.24) is 0 Å². The molecule has 0 saturated carbocycles. The third-order valence-corrected chi connectivity index (χ3v) is 8.79. The number of nitrogens with two attached hydrogens (primary N) is 1. The summed E-state index contributed by atoms with van der Waals surface area (Å²) in [5.41, 5.74) is 6.94. The van der Waals surface area contributed by atoms with Gasteiger partial charge in [0, 0.05) is 56.9 Å². The number of amides is 2. The van der Waals surface area contributed by atoms with E-state index in [4.69, 9.17) is 34.2 Å². The van der Waals surface area contributed by atoms with E-state index >= 15 is 0 Å². The van der Waals surface area contributed by atoms with Crippen molar-refractivity contribution in [3.8, 4) is 17.2 Å². The number of hydrogen-bond donors (Lipinski definition) is 3. The van der Waals surface area contributed by atoms with Crippen LogP contribution in [0.1, 0.15) is 53.0 Å². The molecule has 13 heteroatoms. The SMILES string of the molecule is COc1c(O)cc2c3c1C[C@@H](C)C[C@H](OC)[C@H](O)[C@@H](C)C=C(C)[C@H](OC(N)=O)[C@@H](OC)C=CC=C(C)C(=O)N2[C@H](C)CC(=O)[C@H](OC)O3. The molecule has 2 aliphatic heterocycles. The van der Waals surface area contributed by atoms with Crippen molar-refractivity contribution in [2.45, 2.75) is 90.6 Å². The fraction of sp³-hybridized carbons (Fsp3) is 0.571. The van der Waals surface area contributed by atoms with Crippen LogP contribution in [0.2, 0.25) is 0 Å². The molecule has 0 spiro atoms. The summed E-state index contributed by atoms with van der Waals surface area (Å²) in [5.74, 6) is -1.42. The van der Waals surface area contributed by atoms with Crippen LogP contribution in [-0.4, -0.2) is 93.2 Å². The second kappa shape index (κ2) is 17.0. The van der Waals surface area contributed by atoms with Gasteiger partial charge in [-0.3, -0.25) is 9.59 Å². The van der Waals surface area contributed by atoms with Crippen molar-refractivity contribution in [1.29, 1.82) is 0 Å². The molecule has 0 unspecified atom stereocenters. The molecule has 48 heavy (non-hydrogen) atoms. The van der Waals surface area contributed by atoms with E-state index in [1.807, 2.05) is 13.8 Å². The van der Waals surface area contributed by atoms with E-state index in [0.717, 1.165) is 0 Å². The van der Waals surface area contributed by atoms with Crippen molar-refractivity contribution in [3.63, 3.8) is 0 Å². The van der Waals surface area contributed by atoms with E-state index in [0.29, 0.717) is 17.6 Å². The normalized spacial score (nSPS) is 29.2. The summed E-state index contributed by atoms with van der Waals surface area (Å²) in [5, 5.41) is 22.7. The van der Waals surface area contributed by atoms with Gasteiger partial charge < -0.3 is 49.3 Å². The number of ether oxygens (including phenoxy) is 6. The number of primary amides is 1. The number of anilines is 1. The Morgan fingerprint density at radius 2 is 1.73 bits per heavy atom. The van der Waals surface area contributed by atoms with E-state index in [2.05, 4.69) is 0 Å². The number of phenols is 1. The fourth-order valence-corrected chi connectivity index (χ4v) is 6.34. The Morgan fingerprint density at radius 3 is 2.31 bits per heavy atom. The van der Waals surface area contributed by atoms with Gasteiger partial charge in [-0.15, -0.1) is 0 Å². The van der Waals surface area contributed by atoms with Gasteiger partial charge in [0.15, 0.2) is 23.4 Å². The third kappa shape index (κ3) is 8.76. The van der Waals surface area contributed by atoms with Gasteiger partial charge in [0.2, 0.25) is 5.78 Å². The van der Waals surface area contributed by atoms with Gasteiger partial charge in [-0.2, -0.15) is 0 Å². The van der Waals surface area contributed by atoms with Crippen LogP contribution in [0.4, 0.5) is 10.5 Å². The van der Waals surface area contributed by atoms with E-state index in [-0.39, 0.29) is 53.1 Å².